The number of anilines is 1. The molecule has 1 atom stereocenters. The maximum atomic E-state index is 13.0. The van der Waals surface area contributed by atoms with Gasteiger partial charge in [0, 0.05) is 12.0 Å². The number of amides is 1. The first kappa shape index (κ1) is 18.4. The third kappa shape index (κ3) is 3.95. The second-order valence-electron chi connectivity index (χ2n) is 6.33. The number of esters is 1. The lowest BCUT2D eigenvalue weighted by Crippen LogP contribution is -2.46. The average molecular weight is 362 g/mol. The Labute approximate surface area is 143 Å². The van der Waals surface area contributed by atoms with Crippen LogP contribution in [0.2, 0.25) is 0 Å². The van der Waals surface area contributed by atoms with Gasteiger partial charge in [0.2, 0.25) is 0 Å². The van der Waals surface area contributed by atoms with Crippen LogP contribution in [0.4, 0.5) is 19.3 Å². The summed E-state index contributed by atoms with van der Waals surface area (Å²) >= 11 is 5.41. The average Bonchev–Trinajstić information content (AvgIpc) is 2.84. The second kappa shape index (κ2) is 6.93. The number of halogens is 3. The van der Waals surface area contributed by atoms with Crippen LogP contribution < -0.4 is 4.90 Å². The minimum atomic E-state index is -2.69. The minimum Gasteiger partial charge on any atom is -0.448 e. The van der Waals surface area contributed by atoms with E-state index in [1.807, 2.05) is 0 Å². The molecule has 1 unspecified atom stereocenters. The smallest absolute Gasteiger partial charge is 0.415 e. The third-order valence-corrected chi connectivity index (χ3v) is 3.51. The van der Waals surface area contributed by atoms with Gasteiger partial charge in [-0.05, 0) is 32.4 Å². The fourth-order valence-electron chi connectivity index (χ4n) is 2.46. The molecule has 0 spiro atoms. The van der Waals surface area contributed by atoms with Crippen molar-refractivity contribution in [2.24, 2.45) is 0 Å². The maximum absolute atomic E-state index is 13.0. The van der Waals surface area contributed by atoms with Crippen LogP contribution in [0.3, 0.4) is 0 Å². The minimum absolute atomic E-state index is 0.147. The predicted molar refractivity (Wildman–Crippen MR) is 84.4 cm³/mol. The molecule has 1 aromatic carbocycles. The van der Waals surface area contributed by atoms with E-state index in [9.17, 15) is 18.4 Å². The Kier molecular flexibility index (Phi) is 5.32. The summed E-state index contributed by atoms with van der Waals surface area (Å²) in [7, 11) is 0. The molecule has 24 heavy (non-hydrogen) atoms. The van der Waals surface area contributed by atoms with Gasteiger partial charge < -0.3 is 9.47 Å². The molecule has 8 heteroatoms. The molecule has 0 N–H and O–H groups in total. The fourth-order valence-corrected chi connectivity index (χ4v) is 2.56. The first-order valence-electron chi connectivity index (χ1n) is 7.30. The van der Waals surface area contributed by atoms with E-state index in [-0.39, 0.29) is 23.7 Å². The van der Waals surface area contributed by atoms with Crippen LogP contribution in [0, 0.1) is 0 Å². The fraction of sp³-hybridized carbons (Fsp3) is 0.500. The summed E-state index contributed by atoms with van der Waals surface area (Å²) in [6, 6.07) is 2.57. The number of hydrogen-bond donors (Lipinski definition) is 0. The Hall–Kier alpha value is -1.89. The van der Waals surface area contributed by atoms with Crippen LogP contribution in [-0.2, 0) is 20.7 Å². The molecule has 1 amide bonds. The van der Waals surface area contributed by atoms with Crippen molar-refractivity contribution in [2.45, 2.75) is 45.3 Å². The number of nitrogens with zero attached hydrogens (tertiary/aromatic N) is 1. The standard InChI is InChI=1S/C16H18ClF2NO4/c1-16(2,3)24-15(22)20-11-7-10(13(18)19)5-4-9(11)6-12(20)14(21)23-8-17/h4-5,7,12-13H,6,8H2,1-3H3. The summed E-state index contributed by atoms with van der Waals surface area (Å²) in [5.74, 6) is -0.717. The molecule has 1 aliphatic heterocycles. The molecule has 132 valence electrons. The van der Waals surface area contributed by atoms with Crippen molar-refractivity contribution >= 4 is 29.4 Å². The maximum Gasteiger partial charge on any atom is 0.415 e. The van der Waals surface area contributed by atoms with Crippen LogP contribution in [0.5, 0.6) is 0 Å². The molecule has 2 rings (SSSR count). The number of carbonyl (C=O) groups is 2. The summed E-state index contributed by atoms with van der Waals surface area (Å²) < 4.78 is 36.0. The Morgan fingerprint density at radius 3 is 2.58 bits per heavy atom. The molecule has 1 aromatic rings. The van der Waals surface area contributed by atoms with Crippen LogP contribution in [0.1, 0.15) is 38.3 Å². The lowest BCUT2D eigenvalue weighted by Gasteiger charge is -2.28. The highest BCUT2D eigenvalue weighted by Crippen LogP contribution is 2.37. The molecule has 0 aromatic heterocycles. The van der Waals surface area contributed by atoms with Crippen molar-refractivity contribution in [1.29, 1.82) is 0 Å². The monoisotopic (exact) mass is 361 g/mol. The molecule has 1 aliphatic rings. The van der Waals surface area contributed by atoms with Crippen molar-refractivity contribution < 1.29 is 27.8 Å². The van der Waals surface area contributed by atoms with E-state index < -0.39 is 30.1 Å². The van der Waals surface area contributed by atoms with Crippen molar-refractivity contribution in [2.75, 3.05) is 11.0 Å². The zero-order valence-corrected chi connectivity index (χ0v) is 14.3. The summed E-state index contributed by atoms with van der Waals surface area (Å²) in [4.78, 5) is 25.7. The molecular formula is C16H18ClF2NO4. The van der Waals surface area contributed by atoms with Crippen molar-refractivity contribution in [3.8, 4) is 0 Å². The summed E-state index contributed by atoms with van der Waals surface area (Å²) in [5, 5.41) is 0. The predicted octanol–water partition coefficient (Wildman–Crippen LogP) is 4.03. The zero-order chi connectivity index (χ0) is 18.1. The molecule has 0 aliphatic carbocycles. The lowest BCUT2D eigenvalue weighted by molar-refractivity contribution is -0.143. The molecule has 0 bridgehead atoms. The van der Waals surface area contributed by atoms with E-state index in [4.69, 9.17) is 21.1 Å². The van der Waals surface area contributed by atoms with E-state index >= 15 is 0 Å². The number of hydrogen-bond acceptors (Lipinski definition) is 4. The van der Waals surface area contributed by atoms with E-state index in [2.05, 4.69) is 0 Å². The number of alkyl halides is 3. The molecule has 1 heterocycles. The topological polar surface area (TPSA) is 55.8 Å². The van der Waals surface area contributed by atoms with Crippen LogP contribution in [-0.4, -0.2) is 29.8 Å². The lowest BCUT2D eigenvalue weighted by atomic mass is 10.1. The Balaban J connectivity index is 2.42. The molecule has 0 saturated carbocycles. The first-order chi connectivity index (χ1) is 11.1. The number of ether oxygens (including phenoxy) is 2. The first-order valence-corrected chi connectivity index (χ1v) is 7.83. The summed E-state index contributed by atoms with van der Waals surface area (Å²) in [6.07, 6.45) is -3.35. The van der Waals surface area contributed by atoms with E-state index in [1.54, 1.807) is 20.8 Å². The Morgan fingerprint density at radius 1 is 1.38 bits per heavy atom. The van der Waals surface area contributed by atoms with Gasteiger partial charge in [-0.15, -0.1) is 0 Å². The van der Waals surface area contributed by atoms with E-state index in [0.29, 0.717) is 5.56 Å². The molecule has 0 radical (unpaired) electrons. The van der Waals surface area contributed by atoms with Gasteiger partial charge in [0.15, 0.2) is 6.07 Å². The summed E-state index contributed by atoms with van der Waals surface area (Å²) in [6.45, 7) is 5.01. The SMILES string of the molecule is CC(C)(C)OC(=O)N1c2cc(C(F)F)ccc2CC1C(=O)OCCl. The Morgan fingerprint density at radius 2 is 2.04 bits per heavy atom. The highest BCUT2D eigenvalue weighted by atomic mass is 35.5. The van der Waals surface area contributed by atoms with E-state index in [1.165, 1.54) is 18.2 Å². The molecule has 0 saturated heterocycles. The van der Waals surface area contributed by atoms with Crippen molar-refractivity contribution in [3.63, 3.8) is 0 Å². The zero-order valence-electron chi connectivity index (χ0n) is 13.5. The highest BCUT2D eigenvalue weighted by Gasteiger charge is 2.41. The highest BCUT2D eigenvalue weighted by molar-refractivity contribution is 6.17. The van der Waals surface area contributed by atoms with Crippen LogP contribution in [0.25, 0.3) is 0 Å². The van der Waals surface area contributed by atoms with Crippen molar-refractivity contribution in [1.82, 2.24) is 0 Å². The van der Waals surface area contributed by atoms with Gasteiger partial charge in [0.25, 0.3) is 6.43 Å². The number of fused-ring (bicyclic) bond motifs is 1. The van der Waals surface area contributed by atoms with Gasteiger partial charge in [-0.25, -0.2) is 18.4 Å². The summed E-state index contributed by atoms with van der Waals surface area (Å²) in [5.41, 5.74) is -0.241. The van der Waals surface area contributed by atoms with Crippen molar-refractivity contribution in [3.05, 3.63) is 29.3 Å². The largest absolute Gasteiger partial charge is 0.448 e. The second-order valence-corrected chi connectivity index (χ2v) is 6.55. The van der Waals surface area contributed by atoms with Gasteiger partial charge in [0.05, 0.1) is 5.69 Å². The van der Waals surface area contributed by atoms with Crippen LogP contribution in [0.15, 0.2) is 18.2 Å². The van der Waals surface area contributed by atoms with Gasteiger partial charge in [0.1, 0.15) is 11.6 Å². The Bertz CT molecular complexity index is 645. The van der Waals surface area contributed by atoms with Gasteiger partial charge in [-0.2, -0.15) is 0 Å². The quantitative estimate of drug-likeness (QED) is 0.602. The third-order valence-electron chi connectivity index (χ3n) is 3.40. The number of benzene rings is 1. The van der Waals surface area contributed by atoms with E-state index in [0.717, 1.165) is 4.90 Å². The van der Waals surface area contributed by atoms with Gasteiger partial charge >= 0.3 is 12.1 Å². The molecule has 0 fully saturated rings. The van der Waals surface area contributed by atoms with Gasteiger partial charge in [-0.1, -0.05) is 23.7 Å². The van der Waals surface area contributed by atoms with Gasteiger partial charge in [-0.3, -0.25) is 4.90 Å². The molecular weight excluding hydrogens is 344 g/mol. The molecule has 5 nitrogen and oxygen atoms in total. The number of carbonyl (C=O) groups excluding carboxylic acids is 2. The number of rotatable bonds is 3. The normalized spacial score (nSPS) is 17.0. The van der Waals surface area contributed by atoms with Crippen LogP contribution >= 0.6 is 11.6 Å².